The van der Waals surface area contributed by atoms with Crippen LogP contribution in [-0.2, 0) is 9.53 Å². The number of hydrogen-bond donors (Lipinski definition) is 2. The SMILES string of the molecule is CC(NC(=O)[C@H]1NCCO[C@@H]1C)c1ccccc1Cl. The molecule has 0 spiro atoms. The van der Waals surface area contributed by atoms with Gasteiger partial charge in [0.15, 0.2) is 0 Å². The number of nitrogens with one attached hydrogen (secondary N) is 2. The van der Waals surface area contributed by atoms with Gasteiger partial charge in [-0.25, -0.2) is 0 Å². The molecule has 1 amide bonds. The third-order valence-corrected chi connectivity index (χ3v) is 3.67. The molecule has 0 bridgehead atoms. The molecular weight excluding hydrogens is 264 g/mol. The molecule has 1 aromatic carbocycles. The summed E-state index contributed by atoms with van der Waals surface area (Å²) in [7, 11) is 0. The minimum atomic E-state index is -0.307. The molecule has 5 heteroatoms. The second-order valence-electron chi connectivity index (χ2n) is 4.76. The Morgan fingerprint density at radius 3 is 2.95 bits per heavy atom. The fraction of sp³-hybridized carbons (Fsp3) is 0.500. The van der Waals surface area contributed by atoms with Gasteiger partial charge in [-0.15, -0.1) is 0 Å². The van der Waals surface area contributed by atoms with Crippen LogP contribution in [0.15, 0.2) is 24.3 Å². The van der Waals surface area contributed by atoms with E-state index in [-0.39, 0.29) is 24.1 Å². The van der Waals surface area contributed by atoms with E-state index < -0.39 is 0 Å². The van der Waals surface area contributed by atoms with E-state index >= 15 is 0 Å². The van der Waals surface area contributed by atoms with E-state index in [0.29, 0.717) is 18.2 Å². The molecule has 3 atom stereocenters. The summed E-state index contributed by atoms with van der Waals surface area (Å²) < 4.78 is 5.47. The fourth-order valence-electron chi connectivity index (χ4n) is 2.23. The molecule has 1 saturated heterocycles. The van der Waals surface area contributed by atoms with E-state index in [1.54, 1.807) is 0 Å². The van der Waals surface area contributed by atoms with Crippen molar-refractivity contribution in [3.63, 3.8) is 0 Å². The van der Waals surface area contributed by atoms with E-state index in [1.165, 1.54) is 0 Å². The summed E-state index contributed by atoms with van der Waals surface area (Å²) >= 11 is 6.13. The van der Waals surface area contributed by atoms with Gasteiger partial charge in [-0.05, 0) is 25.5 Å². The smallest absolute Gasteiger partial charge is 0.240 e. The first kappa shape index (κ1) is 14.3. The molecular formula is C14H19ClN2O2. The zero-order chi connectivity index (χ0) is 13.8. The molecule has 0 radical (unpaired) electrons. The summed E-state index contributed by atoms with van der Waals surface area (Å²) in [6, 6.07) is 7.09. The van der Waals surface area contributed by atoms with Crippen molar-refractivity contribution in [2.45, 2.75) is 32.0 Å². The maximum absolute atomic E-state index is 12.2. The predicted octanol–water partition coefficient (Wildman–Crippen LogP) is 1.89. The van der Waals surface area contributed by atoms with Crippen molar-refractivity contribution in [2.24, 2.45) is 0 Å². The van der Waals surface area contributed by atoms with Gasteiger partial charge in [0.25, 0.3) is 0 Å². The molecule has 0 saturated carbocycles. The Morgan fingerprint density at radius 2 is 2.26 bits per heavy atom. The maximum atomic E-state index is 12.2. The topological polar surface area (TPSA) is 50.4 Å². The number of carbonyl (C=O) groups excluding carboxylic acids is 1. The van der Waals surface area contributed by atoms with Crippen LogP contribution in [0.2, 0.25) is 5.02 Å². The van der Waals surface area contributed by atoms with Crippen molar-refractivity contribution < 1.29 is 9.53 Å². The van der Waals surface area contributed by atoms with Gasteiger partial charge in [0.05, 0.1) is 18.8 Å². The van der Waals surface area contributed by atoms with E-state index in [4.69, 9.17) is 16.3 Å². The van der Waals surface area contributed by atoms with E-state index in [1.807, 2.05) is 38.1 Å². The van der Waals surface area contributed by atoms with Crippen molar-refractivity contribution in [1.82, 2.24) is 10.6 Å². The van der Waals surface area contributed by atoms with E-state index in [2.05, 4.69) is 10.6 Å². The van der Waals surface area contributed by atoms with Gasteiger partial charge in [0.1, 0.15) is 6.04 Å². The van der Waals surface area contributed by atoms with Crippen molar-refractivity contribution in [3.05, 3.63) is 34.9 Å². The third-order valence-electron chi connectivity index (χ3n) is 3.33. The Labute approximate surface area is 118 Å². The molecule has 1 aliphatic rings. The first-order valence-corrected chi connectivity index (χ1v) is 6.87. The lowest BCUT2D eigenvalue weighted by Crippen LogP contribution is -2.55. The van der Waals surface area contributed by atoms with E-state index in [9.17, 15) is 4.79 Å². The molecule has 0 aromatic heterocycles. The molecule has 0 aliphatic carbocycles. The fourth-order valence-corrected chi connectivity index (χ4v) is 2.53. The highest BCUT2D eigenvalue weighted by molar-refractivity contribution is 6.31. The standard InChI is InChI=1S/C14H19ClN2O2/c1-9(11-5-3-4-6-12(11)15)17-14(18)13-10(2)19-8-7-16-13/h3-6,9-10,13,16H,7-8H2,1-2H3,(H,17,18)/t9?,10-,13+/m1/s1. The maximum Gasteiger partial charge on any atom is 0.240 e. The van der Waals surface area contributed by atoms with Gasteiger partial charge in [0, 0.05) is 11.6 Å². The largest absolute Gasteiger partial charge is 0.375 e. The number of halogens is 1. The summed E-state index contributed by atoms with van der Waals surface area (Å²) in [5, 5.41) is 6.80. The molecule has 2 N–H and O–H groups in total. The van der Waals surface area contributed by atoms with Crippen LogP contribution >= 0.6 is 11.6 Å². The number of morpholine rings is 1. The molecule has 4 nitrogen and oxygen atoms in total. The van der Waals surface area contributed by atoms with Crippen LogP contribution in [0.25, 0.3) is 0 Å². The average Bonchev–Trinajstić information content (AvgIpc) is 2.39. The highest BCUT2D eigenvalue weighted by Crippen LogP contribution is 2.22. The Kier molecular flexibility index (Phi) is 4.80. The first-order chi connectivity index (χ1) is 9.09. The zero-order valence-electron chi connectivity index (χ0n) is 11.2. The monoisotopic (exact) mass is 282 g/mol. The lowest BCUT2D eigenvalue weighted by Gasteiger charge is -2.30. The minimum absolute atomic E-state index is 0.0559. The van der Waals surface area contributed by atoms with Crippen molar-refractivity contribution >= 4 is 17.5 Å². The van der Waals surface area contributed by atoms with Gasteiger partial charge in [0.2, 0.25) is 5.91 Å². The lowest BCUT2D eigenvalue weighted by molar-refractivity contribution is -0.129. The third kappa shape index (κ3) is 3.47. The van der Waals surface area contributed by atoms with Crippen LogP contribution in [0, 0.1) is 0 Å². The second kappa shape index (κ2) is 6.37. The zero-order valence-corrected chi connectivity index (χ0v) is 11.9. The number of carbonyl (C=O) groups is 1. The molecule has 1 aromatic rings. The lowest BCUT2D eigenvalue weighted by atomic mass is 10.1. The second-order valence-corrected chi connectivity index (χ2v) is 5.17. The Morgan fingerprint density at radius 1 is 1.53 bits per heavy atom. The summed E-state index contributed by atoms with van der Waals surface area (Å²) in [5.41, 5.74) is 0.918. The normalized spacial score (nSPS) is 24.8. The first-order valence-electron chi connectivity index (χ1n) is 6.49. The molecule has 104 valence electrons. The Hall–Kier alpha value is -1.10. The van der Waals surface area contributed by atoms with Crippen LogP contribution in [0.4, 0.5) is 0 Å². The van der Waals surface area contributed by atoms with Crippen LogP contribution in [0.1, 0.15) is 25.5 Å². The van der Waals surface area contributed by atoms with Crippen molar-refractivity contribution in [2.75, 3.05) is 13.2 Å². The predicted molar refractivity (Wildman–Crippen MR) is 75.2 cm³/mol. The Balaban J connectivity index is 2.00. The van der Waals surface area contributed by atoms with Crippen molar-refractivity contribution in [3.8, 4) is 0 Å². The quantitative estimate of drug-likeness (QED) is 0.890. The van der Waals surface area contributed by atoms with Crippen LogP contribution < -0.4 is 10.6 Å². The highest BCUT2D eigenvalue weighted by Gasteiger charge is 2.29. The molecule has 1 aliphatic heterocycles. The summed E-state index contributed by atoms with van der Waals surface area (Å²) in [5.74, 6) is -0.0559. The molecule has 2 rings (SSSR count). The molecule has 19 heavy (non-hydrogen) atoms. The molecule has 1 heterocycles. The van der Waals surface area contributed by atoms with Crippen LogP contribution in [0.5, 0.6) is 0 Å². The summed E-state index contributed by atoms with van der Waals surface area (Å²) in [6.07, 6.45) is -0.118. The molecule has 1 fully saturated rings. The van der Waals surface area contributed by atoms with E-state index in [0.717, 1.165) is 5.56 Å². The van der Waals surface area contributed by atoms with Crippen molar-refractivity contribution in [1.29, 1.82) is 0 Å². The number of ether oxygens (including phenoxy) is 1. The van der Waals surface area contributed by atoms with Gasteiger partial charge >= 0.3 is 0 Å². The minimum Gasteiger partial charge on any atom is -0.375 e. The van der Waals surface area contributed by atoms with Gasteiger partial charge in [-0.2, -0.15) is 0 Å². The van der Waals surface area contributed by atoms with Gasteiger partial charge in [-0.3, -0.25) is 4.79 Å². The van der Waals surface area contributed by atoms with Crippen LogP contribution in [0.3, 0.4) is 0 Å². The average molecular weight is 283 g/mol. The van der Waals surface area contributed by atoms with Crippen LogP contribution in [-0.4, -0.2) is 31.2 Å². The summed E-state index contributed by atoms with van der Waals surface area (Å²) in [6.45, 7) is 5.16. The Bertz CT molecular complexity index is 453. The van der Waals surface area contributed by atoms with Gasteiger partial charge in [-0.1, -0.05) is 29.8 Å². The number of rotatable bonds is 3. The molecule has 1 unspecified atom stereocenters. The number of amides is 1. The number of hydrogen-bond acceptors (Lipinski definition) is 3. The summed E-state index contributed by atoms with van der Waals surface area (Å²) in [4.78, 5) is 12.2. The number of benzene rings is 1. The highest BCUT2D eigenvalue weighted by atomic mass is 35.5. The van der Waals surface area contributed by atoms with Gasteiger partial charge < -0.3 is 15.4 Å².